The number of halogens is 1. The molecule has 0 N–H and O–H groups in total. The molecule has 0 unspecified atom stereocenters. The first-order valence-electron chi connectivity index (χ1n) is 10.1. The molecule has 152 valence electrons. The van der Waals surface area contributed by atoms with Crippen LogP contribution in [-0.2, 0) is 11.2 Å². The Hall–Kier alpha value is -2.67. The van der Waals surface area contributed by atoms with E-state index in [1.807, 2.05) is 24.3 Å². The van der Waals surface area contributed by atoms with Crippen LogP contribution in [0.15, 0.2) is 42.9 Å². The van der Waals surface area contributed by atoms with E-state index >= 15 is 4.39 Å². The third-order valence-corrected chi connectivity index (χ3v) is 5.56. The number of ketones is 1. The van der Waals surface area contributed by atoms with Crippen molar-refractivity contribution in [1.82, 2.24) is 24.9 Å². The van der Waals surface area contributed by atoms with E-state index in [0.717, 1.165) is 23.0 Å². The number of aromatic nitrogens is 4. The summed E-state index contributed by atoms with van der Waals surface area (Å²) in [6.07, 6.45) is 5.67. The fourth-order valence-corrected chi connectivity index (χ4v) is 3.97. The zero-order valence-electron chi connectivity index (χ0n) is 16.9. The summed E-state index contributed by atoms with van der Waals surface area (Å²) < 4.78 is 17.0. The molecule has 0 aliphatic carbocycles. The second kappa shape index (κ2) is 7.99. The van der Waals surface area contributed by atoms with Crippen LogP contribution in [0.25, 0.3) is 16.5 Å². The second-order valence-corrected chi connectivity index (χ2v) is 8.31. The van der Waals surface area contributed by atoms with Crippen LogP contribution in [0, 0.1) is 5.92 Å². The van der Waals surface area contributed by atoms with Gasteiger partial charge >= 0.3 is 0 Å². The van der Waals surface area contributed by atoms with Crippen molar-refractivity contribution in [2.45, 2.75) is 38.8 Å². The number of hydrogen-bond donors (Lipinski definition) is 0. The van der Waals surface area contributed by atoms with Crippen LogP contribution in [0.3, 0.4) is 0 Å². The van der Waals surface area contributed by atoms with Crippen LogP contribution in [-0.4, -0.2) is 56.0 Å². The molecule has 1 saturated heterocycles. The number of nitrogens with zero attached hydrogens (tertiary/aromatic N) is 5. The molecule has 29 heavy (non-hydrogen) atoms. The summed E-state index contributed by atoms with van der Waals surface area (Å²) in [7, 11) is 0. The standard InChI is InChI=1S/C22H26FN5O/c1-16(2)15-27-8-5-22(23,6-9-27)21(29)13-19-11-18-12-20(28-10-7-25-26-28)4-3-17(18)14-24-19/h3-4,7,10-12,14,16H,5-6,8-9,13,15H2,1-2H3. The number of Topliss-reactive ketones (excluding diaryl/α,β-unsaturated/α-hetero) is 1. The van der Waals surface area contributed by atoms with Crippen LogP contribution in [0.1, 0.15) is 32.4 Å². The van der Waals surface area contributed by atoms with Gasteiger partial charge in [0.25, 0.3) is 0 Å². The molecular weight excluding hydrogens is 369 g/mol. The number of carbonyl (C=O) groups is 1. The highest BCUT2D eigenvalue weighted by Gasteiger charge is 2.41. The maximum absolute atomic E-state index is 15.3. The maximum Gasteiger partial charge on any atom is 0.175 e. The average Bonchev–Trinajstić information content (AvgIpc) is 3.24. The van der Waals surface area contributed by atoms with Gasteiger partial charge in [-0.2, -0.15) is 0 Å². The smallest absolute Gasteiger partial charge is 0.175 e. The minimum Gasteiger partial charge on any atom is -0.303 e. The molecule has 1 fully saturated rings. The van der Waals surface area contributed by atoms with E-state index in [2.05, 4.69) is 34.0 Å². The van der Waals surface area contributed by atoms with Crippen LogP contribution < -0.4 is 0 Å². The largest absolute Gasteiger partial charge is 0.303 e. The molecule has 2 aromatic heterocycles. The number of piperidine rings is 1. The van der Waals surface area contributed by atoms with E-state index in [0.29, 0.717) is 24.7 Å². The predicted octanol–water partition coefficient (Wildman–Crippen LogP) is 3.39. The van der Waals surface area contributed by atoms with Gasteiger partial charge in [0, 0.05) is 49.8 Å². The normalized spacial score (nSPS) is 17.1. The van der Waals surface area contributed by atoms with Crippen molar-refractivity contribution in [2.75, 3.05) is 19.6 Å². The molecule has 7 heteroatoms. The molecule has 3 heterocycles. The molecule has 6 nitrogen and oxygen atoms in total. The minimum atomic E-state index is -1.74. The molecule has 0 spiro atoms. The summed E-state index contributed by atoms with van der Waals surface area (Å²) in [5.74, 6) is 0.183. The monoisotopic (exact) mass is 395 g/mol. The van der Waals surface area contributed by atoms with Crippen LogP contribution in [0.5, 0.6) is 0 Å². The molecule has 3 aromatic rings. The van der Waals surface area contributed by atoms with Crippen molar-refractivity contribution in [3.63, 3.8) is 0 Å². The van der Waals surface area contributed by atoms with Gasteiger partial charge in [-0.25, -0.2) is 9.07 Å². The van der Waals surface area contributed by atoms with E-state index in [4.69, 9.17) is 0 Å². The van der Waals surface area contributed by atoms with Gasteiger partial charge in [-0.15, -0.1) is 5.10 Å². The molecular formula is C22H26FN5O. The molecule has 0 amide bonds. The van der Waals surface area contributed by atoms with E-state index in [1.54, 1.807) is 23.3 Å². The van der Waals surface area contributed by atoms with Gasteiger partial charge in [0.05, 0.1) is 24.5 Å². The summed E-state index contributed by atoms with van der Waals surface area (Å²) in [5, 5.41) is 9.73. The highest BCUT2D eigenvalue weighted by molar-refractivity contribution is 5.90. The molecule has 4 rings (SSSR count). The summed E-state index contributed by atoms with van der Waals surface area (Å²) >= 11 is 0. The summed E-state index contributed by atoms with van der Waals surface area (Å²) in [6, 6.07) is 7.72. The van der Waals surface area contributed by atoms with Gasteiger partial charge in [0.15, 0.2) is 11.5 Å². The lowest BCUT2D eigenvalue weighted by molar-refractivity contribution is -0.133. The lowest BCUT2D eigenvalue weighted by Gasteiger charge is -2.36. The van der Waals surface area contributed by atoms with Gasteiger partial charge in [-0.1, -0.05) is 25.1 Å². The van der Waals surface area contributed by atoms with E-state index in [9.17, 15) is 4.79 Å². The second-order valence-electron chi connectivity index (χ2n) is 8.31. The van der Waals surface area contributed by atoms with Crippen molar-refractivity contribution < 1.29 is 9.18 Å². The number of alkyl halides is 1. The van der Waals surface area contributed by atoms with Crippen LogP contribution in [0.2, 0.25) is 0 Å². The molecule has 0 saturated carbocycles. The number of hydrogen-bond acceptors (Lipinski definition) is 5. The molecule has 1 aliphatic rings. The van der Waals surface area contributed by atoms with Crippen LogP contribution in [0.4, 0.5) is 4.39 Å². The number of rotatable bonds is 6. The van der Waals surface area contributed by atoms with Gasteiger partial charge in [-0.3, -0.25) is 9.78 Å². The Morgan fingerprint density at radius 3 is 2.69 bits per heavy atom. The lowest BCUT2D eigenvalue weighted by atomic mass is 9.86. The van der Waals surface area contributed by atoms with Gasteiger partial charge in [0.1, 0.15) is 0 Å². The number of benzene rings is 1. The Morgan fingerprint density at radius 1 is 1.21 bits per heavy atom. The molecule has 1 aromatic carbocycles. The quantitative estimate of drug-likeness (QED) is 0.640. The first kappa shape index (κ1) is 19.6. The number of pyridine rings is 1. The molecule has 0 bridgehead atoms. The Labute approximate surface area is 169 Å². The Morgan fingerprint density at radius 2 is 2.00 bits per heavy atom. The van der Waals surface area contributed by atoms with Crippen molar-refractivity contribution >= 4 is 16.6 Å². The fourth-order valence-electron chi connectivity index (χ4n) is 3.97. The first-order chi connectivity index (χ1) is 13.9. The lowest BCUT2D eigenvalue weighted by Crippen LogP contribution is -2.47. The number of likely N-dealkylation sites (tertiary alicyclic amines) is 1. The molecule has 0 radical (unpaired) electrons. The topological polar surface area (TPSA) is 63.9 Å². The van der Waals surface area contributed by atoms with Crippen LogP contribution >= 0.6 is 0 Å². The zero-order chi connectivity index (χ0) is 20.4. The number of fused-ring (bicyclic) bond motifs is 1. The van der Waals surface area contributed by atoms with Crippen molar-refractivity contribution in [3.05, 3.63) is 48.5 Å². The Balaban J connectivity index is 1.48. The summed E-state index contributed by atoms with van der Waals surface area (Å²) in [4.78, 5) is 19.4. The Bertz CT molecular complexity index is 994. The SMILES string of the molecule is CC(C)CN1CCC(F)(C(=O)Cc2cc3cc(-n4ccnn4)ccc3cn2)CC1. The third kappa shape index (κ3) is 4.34. The van der Waals surface area contributed by atoms with Crippen molar-refractivity contribution in [1.29, 1.82) is 0 Å². The highest BCUT2D eigenvalue weighted by Crippen LogP contribution is 2.29. The van der Waals surface area contributed by atoms with Gasteiger partial charge in [-0.05, 0) is 29.5 Å². The average molecular weight is 395 g/mol. The van der Waals surface area contributed by atoms with Gasteiger partial charge < -0.3 is 4.90 Å². The summed E-state index contributed by atoms with van der Waals surface area (Å²) in [6.45, 7) is 6.52. The first-order valence-corrected chi connectivity index (χ1v) is 10.1. The predicted molar refractivity (Wildman–Crippen MR) is 110 cm³/mol. The fraction of sp³-hybridized carbons (Fsp3) is 0.455. The third-order valence-electron chi connectivity index (χ3n) is 5.56. The van der Waals surface area contributed by atoms with E-state index < -0.39 is 5.67 Å². The number of carbonyl (C=O) groups excluding carboxylic acids is 1. The maximum atomic E-state index is 15.3. The van der Waals surface area contributed by atoms with Crippen molar-refractivity contribution in [3.8, 4) is 5.69 Å². The molecule has 0 atom stereocenters. The van der Waals surface area contributed by atoms with Crippen molar-refractivity contribution in [2.24, 2.45) is 5.92 Å². The highest BCUT2D eigenvalue weighted by atomic mass is 19.1. The van der Waals surface area contributed by atoms with E-state index in [1.165, 1.54) is 0 Å². The zero-order valence-corrected chi connectivity index (χ0v) is 16.9. The molecule has 1 aliphatic heterocycles. The minimum absolute atomic E-state index is 0.0180. The Kier molecular flexibility index (Phi) is 5.41. The van der Waals surface area contributed by atoms with Gasteiger partial charge in [0.2, 0.25) is 0 Å². The van der Waals surface area contributed by atoms with E-state index in [-0.39, 0.29) is 25.0 Å². The summed E-state index contributed by atoms with van der Waals surface area (Å²) in [5.41, 5.74) is -0.273.